The number of benzene rings is 1. The lowest BCUT2D eigenvalue weighted by Crippen LogP contribution is -2.37. The van der Waals surface area contributed by atoms with Crippen LogP contribution in [0.15, 0.2) is 54.9 Å². The molecule has 35 heavy (non-hydrogen) atoms. The van der Waals surface area contributed by atoms with Crippen LogP contribution in [-0.4, -0.2) is 76.1 Å². The number of methoxy groups -OCH3 is 1. The van der Waals surface area contributed by atoms with E-state index in [0.717, 1.165) is 48.4 Å². The zero-order valence-corrected chi connectivity index (χ0v) is 20.2. The molecular weight excluding hydrogens is 442 g/mol. The molecule has 0 saturated heterocycles. The molecule has 0 spiro atoms. The molecule has 1 aliphatic heterocycles. The molecule has 0 saturated carbocycles. The number of fused-ring (bicyclic) bond motifs is 2. The van der Waals surface area contributed by atoms with Gasteiger partial charge >= 0.3 is 0 Å². The highest BCUT2D eigenvalue weighted by molar-refractivity contribution is 5.77. The predicted molar refractivity (Wildman–Crippen MR) is 135 cm³/mol. The van der Waals surface area contributed by atoms with Gasteiger partial charge in [-0.05, 0) is 60.4 Å². The van der Waals surface area contributed by atoms with E-state index in [1.807, 2.05) is 28.8 Å². The number of carbonyl (C=O) groups excluding carboxylic acids is 1. The van der Waals surface area contributed by atoms with E-state index in [2.05, 4.69) is 38.4 Å². The van der Waals surface area contributed by atoms with Crippen LogP contribution in [0.5, 0.6) is 5.88 Å². The van der Waals surface area contributed by atoms with E-state index in [0.29, 0.717) is 18.4 Å². The molecule has 0 radical (unpaired) electrons. The fraction of sp³-hybridized carbons (Fsp3) is 0.308. The molecule has 0 atom stereocenters. The minimum absolute atomic E-state index is 0.138. The number of anilines is 2. The summed E-state index contributed by atoms with van der Waals surface area (Å²) in [6.45, 7) is 2.20. The number of hydrogen-bond donors (Lipinski definition) is 1. The maximum absolute atomic E-state index is 12.1. The first kappa shape index (κ1) is 22.8. The predicted octanol–water partition coefficient (Wildman–Crippen LogP) is 3.03. The van der Waals surface area contributed by atoms with E-state index in [-0.39, 0.29) is 5.91 Å². The first-order valence-corrected chi connectivity index (χ1v) is 11.7. The summed E-state index contributed by atoms with van der Waals surface area (Å²) in [6, 6.07) is 14.2. The molecule has 9 heteroatoms. The lowest BCUT2D eigenvalue weighted by atomic mass is 10.0. The Hall–Kier alpha value is -3.98. The first-order chi connectivity index (χ1) is 17.0. The van der Waals surface area contributed by atoms with Crippen LogP contribution in [0.25, 0.3) is 16.8 Å². The highest BCUT2D eigenvalue weighted by Gasteiger charge is 2.18. The number of likely N-dealkylation sites (N-methyl/N-ethyl adjacent to an activating group) is 1. The highest BCUT2D eigenvalue weighted by atomic mass is 16.5. The summed E-state index contributed by atoms with van der Waals surface area (Å²) >= 11 is 0. The summed E-state index contributed by atoms with van der Waals surface area (Å²) < 4.78 is 7.28. The number of carbonyl (C=O) groups is 1. The monoisotopic (exact) mass is 471 g/mol. The van der Waals surface area contributed by atoms with E-state index < -0.39 is 0 Å². The fourth-order valence-corrected chi connectivity index (χ4v) is 4.38. The first-order valence-electron chi connectivity index (χ1n) is 11.7. The van der Waals surface area contributed by atoms with E-state index >= 15 is 0 Å². The molecule has 9 nitrogen and oxygen atoms in total. The second-order valence-electron chi connectivity index (χ2n) is 8.87. The zero-order chi connectivity index (χ0) is 24.4. The minimum Gasteiger partial charge on any atom is -0.481 e. The molecule has 0 aliphatic carbocycles. The van der Waals surface area contributed by atoms with Crippen LogP contribution in [-0.2, 0) is 17.6 Å². The van der Waals surface area contributed by atoms with Crippen molar-refractivity contribution in [2.24, 2.45) is 0 Å². The Labute approximate surface area is 204 Å². The quantitative estimate of drug-likeness (QED) is 0.462. The van der Waals surface area contributed by atoms with E-state index in [4.69, 9.17) is 9.84 Å². The van der Waals surface area contributed by atoms with Gasteiger partial charge in [0.1, 0.15) is 0 Å². The van der Waals surface area contributed by atoms with Crippen LogP contribution in [0.2, 0.25) is 0 Å². The molecule has 1 aliphatic rings. The summed E-state index contributed by atoms with van der Waals surface area (Å²) in [4.78, 5) is 24.8. The molecule has 0 bridgehead atoms. The maximum Gasteiger partial charge on any atom is 0.245 e. The average molecular weight is 472 g/mol. The van der Waals surface area contributed by atoms with Crippen LogP contribution in [0.1, 0.15) is 11.1 Å². The smallest absolute Gasteiger partial charge is 0.245 e. The number of nitrogens with zero attached hydrogens (tertiary/aromatic N) is 6. The van der Waals surface area contributed by atoms with Crippen molar-refractivity contribution in [3.8, 4) is 17.1 Å². The average Bonchev–Trinajstić information content (AvgIpc) is 3.18. The number of aromatic nitrogens is 4. The van der Waals surface area contributed by atoms with Crippen LogP contribution in [0.3, 0.4) is 0 Å². The van der Waals surface area contributed by atoms with E-state index in [9.17, 15) is 4.79 Å². The molecule has 0 unspecified atom stereocenters. The van der Waals surface area contributed by atoms with E-state index in [1.54, 1.807) is 38.5 Å². The Balaban J connectivity index is 1.36. The number of hydrogen-bond acceptors (Lipinski definition) is 7. The van der Waals surface area contributed by atoms with Gasteiger partial charge in [0.05, 0.1) is 36.6 Å². The number of ether oxygens (including phenoxy) is 1. The van der Waals surface area contributed by atoms with Crippen LogP contribution >= 0.6 is 0 Å². The van der Waals surface area contributed by atoms with Crippen molar-refractivity contribution in [3.05, 3.63) is 66.0 Å². The van der Waals surface area contributed by atoms with Crippen molar-refractivity contribution >= 4 is 23.1 Å². The topological polar surface area (TPSA) is 87.9 Å². The molecule has 5 rings (SSSR count). The SMILES string of the molecule is COc1ncccc1-c1ccc2cnc(Nc3ccc4c(c3)CCN(CC(=O)N(C)C)CC4)nn12. The summed E-state index contributed by atoms with van der Waals surface area (Å²) in [5.74, 6) is 1.19. The molecule has 3 aromatic heterocycles. The van der Waals surface area contributed by atoms with Gasteiger partial charge in [-0.15, -0.1) is 5.10 Å². The van der Waals surface area contributed by atoms with Gasteiger partial charge in [-0.3, -0.25) is 9.69 Å². The van der Waals surface area contributed by atoms with Gasteiger partial charge in [0, 0.05) is 39.1 Å². The Kier molecular flexibility index (Phi) is 6.33. The van der Waals surface area contributed by atoms with Gasteiger partial charge in [-0.25, -0.2) is 14.5 Å². The van der Waals surface area contributed by atoms with Crippen LogP contribution in [0, 0.1) is 0 Å². The number of pyridine rings is 1. The maximum atomic E-state index is 12.1. The molecule has 1 amide bonds. The largest absolute Gasteiger partial charge is 0.481 e. The normalized spacial score (nSPS) is 13.8. The summed E-state index contributed by atoms with van der Waals surface area (Å²) in [5, 5.41) is 8.09. The highest BCUT2D eigenvalue weighted by Crippen LogP contribution is 2.29. The van der Waals surface area contributed by atoms with Crippen molar-refractivity contribution in [3.63, 3.8) is 0 Å². The van der Waals surface area contributed by atoms with Crippen molar-refractivity contribution in [2.45, 2.75) is 12.8 Å². The second-order valence-corrected chi connectivity index (χ2v) is 8.87. The Morgan fingerprint density at radius 3 is 2.71 bits per heavy atom. The van der Waals surface area contributed by atoms with Gasteiger partial charge in [-0.2, -0.15) is 0 Å². The van der Waals surface area contributed by atoms with Crippen LogP contribution in [0.4, 0.5) is 11.6 Å². The lowest BCUT2D eigenvalue weighted by Gasteiger charge is -2.21. The second kappa shape index (κ2) is 9.71. The Morgan fingerprint density at radius 1 is 1.09 bits per heavy atom. The van der Waals surface area contributed by atoms with Gasteiger partial charge in [0.25, 0.3) is 0 Å². The van der Waals surface area contributed by atoms with Gasteiger partial charge in [-0.1, -0.05) is 6.07 Å². The number of rotatable bonds is 6. The molecule has 1 N–H and O–H groups in total. The third-order valence-corrected chi connectivity index (χ3v) is 6.35. The number of amides is 1. The van der Waals surface area contributed by atoms with Gasteiger partial charge < -0.3 is 15.0 Å². The Morgan fingerprint density at radius 2 is 1.91 bits per heavy atom. The lowest BCUT2D eigenvalue weighted by molar-refractivity contribution is -0.129. The van der Waals surface area contributed by atoms with Crippen LogP contribution < -0.4 is 10.1 Å². The molecular formula is C26H29N7O2. The standard InChI is InChI=1S/C26H29N7O2/c1-31(2)24(34)17-32-13-10-18-6-7-20(15-19(18)11-14-32)29-26-28-16-21-8-9-23(33(21)30-26)22-5-4-12-27-25(22)35-3/h4-9,12,15-16H,10-11,13-14,17H2,1-3H3,(H,29,30). The van der Waals surface area contributed by atoms with Gasteiger partial charge in [0.15, 0.2) is 0 Å². The van der Waals surface area contributed by atoms with E-state index in [1.165, 1.54) is 11.1 Å². The fourth-order valence-electron chi connectivity index (χ4n) is 4.38. The third-order valence-electron chi connectivity index (χ3n) is 6.35. The summed E-state index contributed by atoms with van der Waals surface area (Å²) in [7, 11) is 5.22. The molecule has 1 aromatic carbocycles. The molecule has 180 valence electrons. The van der Waals surface area contributed by atoms with Crippen molar-refractivity contribution in [2.75, 3.05) is 46.2 Å². The van der Waals surface area contributed by atoms with Gasteiger partial charge in [0.2, 0.25) is 17.7 Å². The molecule has 4 heterocycles. The minimum atomic E-state index is 0.138. The zero-order valence-electron chi connectivity index (χ0n) is 20.2. The molecule has 0 fully saturated rings. The summed E-state index contributed by atoms with van der Waals surface area (Å²) in [5.41, 5.74) is 6.17. The Bertz CT molecular complexity index is 1370. The van der Waals surface area contributed by atoms with Crippen molar-refractivity contribution in [1.82, 2.24) is 29.4 Å². The van der Waals surface area contributed by atoms with Crippen molar-refractivity contribution in [1.29, 1.82) is 0 Å². The summed E-state index contributed by atoms with van der Waals surface area (Å²) in [6.07, 6.45) is 5.33. The third kappa shape index (κ3) is 4.81. The molecule has 4 aromatic rings. The van der Waals surface area contributed by atoms with Crippen molar-refractivity contribution < 1.29 is 9.53 Å². The number of nitrogens with one attached hydrogen (secondary N) is 1.